The molecular formula is C23H24N2O4. The van der Waals surface area contributed by atoms with Gasteiger partial charge in [0.15, 0.2) is 11.5 Å². The monoisotopic (exact) mass is 392 g/mol. The normalized spacial score (nSPS) is 16.2. The maximum absolute atomic E-state index is 12.5. The molecule has 2 aliphatic rings. The van der Waals surface area contributed by atoms with Crippen molar-refractivity contribution in [2.24, 2.45) is 5.92 Å². The molecule has 0 aliphatic carbocycles. The molecule has 29 heavy (non-hydrogen) atoms. The van der Waals surface area contributed by atoms with Gasteiger partial charge in [0.25, 0.3) is 0 Å². The molecule has 1 fully saturated rings. The van der Waals surface area contributed by atoms with E-state index < -0.39 is 0 Å². The number of hydrogen-bond acceptors (Lipinski definition) is 4. The molecule has 0 atom stereocenters. The van der Waals surface area contributed by atoms with Crippen molar-refractivity contribution in [3.05, 3.63) is 65.7 Å². The maximum atomic E-state index is 12.5. The highest BCUT2D eigenvalue weighted by Gasteiger charge is 2.26. The van der Waals surface area contributed by atoms with Crippen molar-refractivity contribution in [2.75, 3.05) is 19.9 Å². The second-order valence-corrected chi connectivity index (χ2v) is 7.25. The zero-order valence-corrected chi connectivity index (χ0v) is 16.2. The van der Waals surface area contributed by atoms with E-state index in [9.17, 15) is 9.59 Å². The van der Waals surface area contributed by atoms with E-state index in [4.69, 9.17) is 9.47 Å². The lowest BCUT2D eigenvalue weighted by atomic mass is 9.95. The second-order valence-electron chi connectivity index (χ2n) is 7.25. The van der Waals surface area contributed by atoms with E-state index in [0.29, 0.717) is 38.2 Å². The number of carbonyl (C=O) groups is 2. The number of ether oxygens (including phenoxy) is 2. The molecule has 2 aromatic carbocycles. The quantitative estimate of drug-likeness (QED) is 0.795. The van der Waals surface area contributed by atoms with Crippen LogP contribution in [0, 0.1) is 5.92 Å². The predicted molar refractivity (Wildman–Crippen MR) is 109 cm³/mol. The van der Waals surface area contributed by atoms with E-state index in [1.807, 2.05) is 54.6 Å². The summed E-state index contributed by atoms with van der Waals surface area (Å²) in [7, 11) is 0. The second kappa shape index (κ2) is 8.82. The van der Waals surface area contributed by atoms with E-state index in [-0.39, 0.29) is 24.5 Å². The third-order valence-corrected chi connectivity index (χ3v) is 5.30. The molecule has 1 N–H and O–H groups in total. The Hall–Kier alpha value is -3.28. The molecule has 0 aromatic heterocycles. The Morgan fingerprint density at radius 3 is 2.59 bits per heavy atom. The van der Waals surface area contributed by atoms with Gasteiger partial charge < -0.3 is 19.7 Å². The Morgan fingerprint density at radius 1 is 1.03 bits per heavy atom. The van der Waals surface area contributed by atoms with Crippen molar-refractivity contribution >= 4 is 17.9 Å². The first kappa shape index (κ1) is 19.1. The van der Waals surface area contributed by atoms with Crippen LogP contribution in [0.15, 0.2) is 54.6 Å². The van der Waals surface area contributed by atoms with Crippen molar-refractivity contribution < 1.29 is 19.1 Å². The van der Waals surface area contributed by atoms with Crippen LogP contribution in [0.1, 0.15) is 24.0 Å². The van der Waals surface area contributed by atoms with Crippen LogP contribution in [0.2, 0.25) is 0 Å². The van der Waals surface area contributed by atoms with Gasteiger partial charge >= 0.3 is 0 Å². The summed E-state index contributed by atoms with van der Waals surface area (Å²) in [5.74, 6) is 1.42. The van der Waals surface area contributed by atoms with Crippen molar-refractivity contribution in [2.45, 2.75) is 19.4 Å². The number of carbonyl (C=O) groups excluding carboxylic acids is 2. The number of piperidine rings is 1. The minimum Gasteiger partial charge on any atom is -0.454 e. The first-order chi connectivity index (χ1) is 14.2. The number of amides is 2. The van der Waals surface area contributed by atoms with E-state index in [0.717, 1.165) is 16.9 Å². The van der Waals surface area contributed by atoms with Crippen LogP contribution in [0.4, 0.5) is 0 Å². The van der Waals surface area contributed by atoms with Gasteiger partial charge in [0.05, 0.1) is 0 Å². The number of likely N-dealkylation sites (tertiary alicyclic amines) is 1. The van der Waals surface area contributed by atoms with Crippen LogP contribution < -0.4 is 14.8 Å². The predicted octanol–water partition coefficient (Wildman–Crippen LogP) is 2.98. The number of nitrogens with one attached hydrogen (secondary N) is 1. The van der Waals surface area contributed by atoms with Gasteiger partial charge in [-0.05, 0) is 42.2 Å². The van der Waals surface area contributed by atoms with Gasteiger partial charge in [-0.1, -0.05) is 36.4 Å². The standard InChI is InChI=1S/C23H24N2O4/c26-22(9-7-17-4-2-1-3-5-17)25-12-10-19(11-13-25)23(27)24-15-18-6-8-20-21(14-18)29-16-28-20/h1-9,14,19H,10-13,15-16H2,(H,24,27). The Bertz CT molecular complexity index is 902. The summed E-state index contributed by atoms with van der Waals surface area (Å²) < 4.78 is 10.7. The molecule has 6 heteroatoms. The summed E-state index contributed by atoms with van der Waals surface area (Å²) in [6.45, 7) is 1.89. The van der Waals surface area contributed by atoms with Crippen molar-refractivity contribution in [1.82, 2.24) is 10.2 Å². The molecule has 0 saturated carbocycles. The third kappa shape index (κ3) is 4.77. The number of rotatable bonds is 5. The van der Waals surface area contributed by atoms with Crippen LogP contribution in [-0.2, 0) is 16.1 Å². The van der Waals surface area contributed by atoms with Crippen LogP contribution in [0.5, 0.6) is 11.5 Å². The molecule has 2 aromatic rings. The minimum absolute atomic E-state index is 0.00642. The Labute approximate surface area is 170 Å². The number of hydrogen-bond donors (Lipinski definition) is 1. The van der Waals surface area contributed by atoms with E-state index in [1.165, 1.54) is 0 Å². The van der Waals surface area contributed by atoms with Gasteiger partial charge in [0, 0.05) is 31.6 Å². The highest BCUT2D eigenvalue weighted by atomic mass is 16.7. The van der Waals surface area contributed by atoms with Gasteiger partial charge in [0.2, 0.25) is 18.6 Å². The molecule has 2 amide bonds. The highest BCUT2D eigenvalue weighted by Crippen LogP contribution is 2.32. The first-order valence-corrected chi connectivity index (χ1v) is 9.87. The molecule has 0 unspecified atom stereocenters. The minimum atomic E-state index is -0.0637. The number of fused-ring (bicyclic) bond motifs is 1. The summed E-state index contributed by atoms with van der Waals surface area (Å²) in [6.07, 6.45) is 4.79. The highest BCUT2D eigenvalue weighted by molar-refractivity contribution is 5.92. The summed E-state index contributed by atoms with van der Waals surface area (Å²) in [6, 6.07) is 15.4. The van der Waals surface area contributed by atoms with E-state index in [1.54, 1.807) is 11.0 Å². The van der Waals surface area contributed by atoms with Crippen LogP contribution in [-0.4, -0.2) is 36.6 Å². The van der Waals surface area contributed by atoms with Gasteiger partial charge in [-0.2, -0.15) is 0 Å². The fourth-order valence-corrected chi connectivity index (χ4v) is 3.58. The fourth-order valence-electron chi connectivity index (χ4n) is 3.58. The van der Waals surface area contributed by atoms with Crippen LogP contribution >= 0.6 is 0 Å². The Balaban J connectivity index is 1.23. The van der Waals surface area contributed by atoms with Crippen molar-refractivity contribution in [3.8, 4) is 11.5 Å². The number of benzene rings is 2. The molecule has 2 heterocycles. The van der Waals surface area contributed by atoms with Gasteiger partial charge in [-0.3, -0.25) is 9.59 Å². The largest absolute Gasteiger partial charge is 0.454 e. The maximum Gasteiger partial charge on any atom is 0.246 e. The molecule has 150 valence electrons. The summed E-state index contributed by atoms with van der Waals surface area (Å²) >= 11 is 0. The molecule has 2 aliphatic heterocycles. The average molecular weight is 392 g/mol. The number of nitrogens with zero attached hydrogens (tertiary/aromatic N) is 1. The lowest BCUT2D eigenvalue weighted by Crippen LogP contribution is -2.42. The van der Waals surface area contributed by atoms with Crippen LogP contribution in [0.25, 0.3) is 6.08 Å². The zero-order chi connectivity index (χ0) is 20.1. The topological polar surface area (TPSA) is 67.9 Å². The molecule has 1 saturated heterocycles. The summed E-state index contributed by atoms with van der Waals surface area (Å²) in [4.78, 5) is 26.7. The first-order valence-electron chi connectivity index (χ1n) is 9.87. The molecule has 0 bridgehead atoms. The fraction of sp³-hybridized carbons (Fsp3) is 0.304. The smallest absolute Gasteiger partial charge is 0.246 e. The average Bonchev–Trinajstić information content (AvgIpc) is 3.24. The van der Waals surface area contributed by atoms with Gasteiger partial charge in [-0.25, -0.2) is 0 Å². The molecule has 4 rings (SSSR count). The lowest BCUT2D eigenvalue weighted by molar-refractivity contribution is -0.132. The Morgan fingerprint density at radius 2 is 1.79 bits per heavy atom. The lowest BCUT2D eigenvalue weighted by Gasteiger charge is -2.30. The summed E-state index contributed by atoms with van der Waals surface area (Å²) in [5, 5.41) is 3.00. The van der Waals surface area contributed by atoms with Crippen molar-refractivity contribution in [3.63, 3.8) is 0 Å². The van der Waals surface area contributed by atoms with Gasteiger partial charge in [-0.15, -0.1) is 0 Å². The molecule has 0 radical (unpaired) electrons. The van der Waals surface area contributed by atoms with E-state index in [2.05, 4.69) is 5.32 Å². The third-order valence-electron chi connectivity index (χ3n) is 5.30. The Kier molecular flexibility index (Phi) is 5.79. The summed E-state index contributed by atoms with van der Waals surface area (Å²) in [5.41, 5.74) is 1.97. The van der Waals surface area contributed by atoms with Gasteiger partial charge in [0.1, 0.15) is 0 Å². The molecular weight excluding hydrogens is 368 g/mol. The van der Waals surface area contributed by atoms with Crippen LogP contribution in [0.3, 0.4) is 0 Å². The SMILES string of the molecule is O=C(NCc1ccc2c(c1)OCO2)C1CCN(C(=O)C=Cc2ccccc2)CC1. The van der Waals surface area contributed by atoms with Crippen molar-refractivity contribution in [1.29, 1.82) is 0 Å². The van der Waals surface area contributed by atoms with E-state index >= 15 is 0 Å². The molecule has 0 spiro atoms. The zero-order valence-electron chi connectivity index (χ0n) is 16.2. The molecule has 6 nitrogen and oxygen atoms in total.